The first-order valence-corrected chi connectivity index (χ1v) is 5.79. The average Bonchev–Trinajstić information content (AvgIpc) is 2.25. The number of hydrogen-bond acceptors (Lipinski definition) is 0. The van der Waals surface area contributed by atoms with Crippen molar-refractivity contribution in [3.8, 4) is 0 Å². The summed E-state index contributed by atoms with van der Waals surface area (Å²) in [5.74, 6) is 0. The van der Waals surface area contributed by atoms with E-state index in [-0.39, 0.29) is 0 Å². The molecule has 0 heteroatoms. The molecule has 0 heterocycles. The summed E-state index contributed by atoms with van der Waals surface area (Å²) in [5, 5.41) is 2.81. The molecule has 0 nitrogen and oxygen atoms in total. The van der Waals surface area contributed by atoms with Gasteiger partial charge in [0.25, 0.3) is 0 Å². The van der Waals surface area contributed by atoms with Gasteiger partial charge in [0.1, 0.15) is 0 Å². The van der Waals surface area contributed by atoms with E-state index in [1.807, 2.05) is 0 Å². The maximum Gasteiger partial charge on any atom is -0.0152 e. The number of benzene rings is 2. The Hall–Kier alpha value is -1.30. The number of rotatable bonds is 3. The molecule has 0 N–H and O–H groups in total. The average molecular weight is 198 g/mol. The van der Waals surface area contributed by atoms with Crippen LogP contribution >= 0.6 is 0 Å². The summed E-state index contributed by atoms with van der Waals surface area (Å²) in [6.45, 7) is 4.43. The van der Waals surface area contributed by atoms with Crippen LogP contribution in [0.4, 0.5) is 0 Å². The molecule has 78 valence electrons. The zero-order chi connectivity index (χ0) is 10.7. The molecular weight excluding hydrogens is 180 g/mol. The van der Waals surface area contributed by atoms with Crippen LogP contribution in [0.3, 0.4) is 0 Å². The van der Waals surface area contributed by atoms with Crippen LogP contribution in [0.5, 0.6) is 0 Å². The molecule has 0 radical (unpaired) electrons. The predicted molar refractivity (Wildman–Crippen MR) is 67.3 cm³/mol. The Labute approximate surface area is 91.9 Å². The van der Waals surface area contributed by atoms with Crippen LogP contribution in [-0.4, -0.2) is 0 Å². The number of fused-ring (bicyclic) bond motifs is 1. The summed E-state index contributed by atoms with van der Waals surface area (Å²) in [7, 11) is 0. The fourth-order valence-electron chi connectivity index (χ4n) is 2.13. The monoisotopic (exact) mass is 198 g/mol. The highest BCUT2D eigenvalue weighted by Crippen LogP contribution is 2.22. The number of aryl methyl sites for hydroxylation is 2. The van der Waals surface area contributed by atoms with Crippen molar-refractivity contribution in [1.29, 1.82) is 0 Å². The van der Waals surface area contributed by atoms with Gasteiger partial charge in [-0.3, -0.25) is 0 Å². The lowest BCUT2D eigenvalue weighted by Gasteiger charge is -2.07. The first-order chi connectivity index (χ1) is 7.31. The minimum absolute atomic E-state index is 1.21. The Kier molecular flexibility index (Phi) is 3.05. The van der Waals surface area contributed by atoms with Gasteiger partial charge < -0.3 is 0 Å². The van der Waals surface area contributed by atoms with Crippen LogP contribution < -0.4 is 0 Å². The van der Waals surface area contributed by atoms with Gasteiger partial charge >= 0.3 is 0 Å². The van der Waals surface area contributed by atoms with Gasteiger partial charge in [-0.1, -0.05) is 55.3 Å². The van der Waals surface area contributed by atoms with Gasteiger partial charge in [-0.05, 0) is 36.1 Å². The maximum atomic E-state index is 2.33. The van der Waals surface area contributed by atoms with E-state index in [0.717, 1.165) is 0 Å². The second-order valence-electron chi connectivity index (χ2n) is 4.25. The molecule has 0 saturated carbocycles. The van der Waals surface area contributed by atoms with Crippen molar-refractivity contribution < 1.29 is 0 Å². The highest BCUT2D eigenvalue weighted by molar-refractivity contribution is 5.86. The third kappa shape index (κ3) is 2.20. The fourth-order valence-corrected chi connectivity index (χ4v) is 2.13. The van der Waals surface area contributed by atoms with E-state index < -0.39 is 0 Å². The highest BCUT2D eigenvalue weighted by atomic mass is 14.1. The van der Waals surface area contributed by atoms with Crippen LogP contribution in [0.25, 0.3) is 10.8 Å². The van der Waals surface area contributed by atoms with E-state index >= 15 is 0 Å². The molecule has 0 saturated heterocycles. The summed E-state index contributed by atoms with van der Waals surface area (Å²) in [6, 6.07) is 13.3. The van der Waals surface area contributed by atoms with E-state index in [1.165, 1.54) is 41.2 Å². The van der Waals surface area contributed by atoms with E-state index in [2.05, 4.69) is 50.2 Å². The molecule has 2 rings (SSSR count). The molecule has 0 fully saturated rings. The van der Waals surface area contributed by atoms with Gasteiger partial charge in [0.05, 0.1) is 0 Å². The molecule has 0 amide bonds. The molecule has 0 spiro atoms. The number of unbranched alkanes of at least 4 members (excludes halogenated alkanes) is 1. The molecule has 0 aliphatic carbocycles. The maximum absolute atomic E-state index is 2.33. The van der Waals surface area contributed by atoms with E-state index in [4.69, 9.17) is 0 Å². The lowest BCUT2D eigenvalue weighted by molar-refractivity contribution is 0.798. The molecule has 2 aromatic rings. The van der Waals surface area contributed by atoms with Crippen molar-refractivity contribution in [2.24, 2.45) is 0 Å². The second-order valence-corrected chi connectivity index (χ2v) is 4.25. The third-order valence-electron chi connectivity index (χ3n) is 2.89. The molecule has 0 atom stereocenters. The summed E-state index contributed by atoms with van der Waals surface area (Å²) in [6.07, 6.45) is 3.76. The third-order valence-corrected chi connectivity index (χ3v) is 2.89. The minimum Gasteiger partial charge on any atom is -0.0654 e. The molecule has 0 aliphatic rings. The largest absolute Gasteiger partial charge is 0.0654 e. The second kappa shape index (κ2) is 4.48. The molecule has 0 unspecified atom stereocenters. The summed E-state index contributed by atoms with van der Waals surface area (Å²) >= 11 is 0. The van der Waals surface area contributed by atoms with Gasteiger partial charge in [-0.2, -0.15) is 0 Å². The summed E-state index contributed by atoms with van der Waals surface area (Å²) < 4.78 is 0. The van der Waals surface area contributed by atoms with Gasteiger partial charge in [0.15, 0.2) is 0 Å². The van der Waals surface area contributed by atoms with Gasteiger partial charge in [-0.15, -0.1) is 0 Å². The Morgan fingerprint density at radius 3 is 2.67 bits per heavy atom. The summed E-state index contributed by atoms with van der Waals surface area (Å²) in [5.41, 5.74) is 2.88. The van der Waals surface area contributed by atoms with Crippen molar-refractivity contribution in [2.45, 2.75) is 33.1 Å². The van der Waals surface area contributed by atoms with Crippen molar-refractivity contribution in [2.75, 3.05) is 0 Å². The van der Waals surface area contributed by atoms with Crippen LogP contribution in [-0.2, 0) is 6.42 Å². The Morgan fingerprint density at radius 1 is 1.07 bits per heavy atom. The Balaban J connectivity index is 2.50. The molecular formula is C15H18. The van der Waals surface area contributed by atoms with Crippen LogP contribution in [0.2, 0.25) is 0 Å². The van der Waals surface area contributed by atoms with Gasteiger partial charge in [0, 0.05) is 0 Å². The Morgan fingerprint density at radius 2 is 1.87 bits per heavy atom. The van der Waals surface area contributed by atoms with Crippen LogP contribution in [0.15, 0.2) is 36.4 Å². The van der Waals surface area contributed by atoms with Crippen molar-refractivity contribution >= 4 is 10.8 Å². The number of hydrogen-bond donors (Lipinski definition) is 0. The lowest BCUT2D eigenvalue weighted by Crippen LogP contribution is -1.88. The topological polar surface area (TPSA) is 0 Å². The van der Waals surface area contributed by atoms with Crippen molar-refractivity contribution in [3.63, 3.8) is 0 Å². The van der Waals surface area contributed by atoms with Crippen molar-refractivity contribution in [1.82, 2.24) is 0 Å². The zero-order valence-corrected chi connectivity index (χ0v) is 9.59. The quantitative estimate of drug-likeness (QED) is 0.681. The summed E-state index contributed by atoms with van der Waals surface area (Å²) in [4.78, 5) is 0. The van der Waals surface area contributed by atoms with E-state index in [1.54, 1.807) is 0 Å². The van der Waals surface area contributed by atoms with E-state index in [9.17, 15) is 0 Å². The smallest absolute Gasteiger partial charge is 0.0152 e. The van der Waals surface area contributed by atoms with Crippen molar-refractivity contribution in [3.05, 3.63) is 47.5 Å². The van der Waals surface area contributed by atoms with Crippen LogP contribution in [0, 0.1) is 6.92 Å². The normalized spacial score (nSPS) is 10.8. The van der Waals surface area contributed by atoms with E-state index in [0.29, 0.717) is 0 Å². The minimum atomic E-state index is 1.21. The molecule has 0 aliphatic heterocycles. The first-order valence-electron chi connectivity index (χ1n) is 5.79. The molecule has 0 aromatic heterocycles. The SMILES string of the molecule is CCCCc1cc(C)cc2ccccc12. The van der Waals surface area contributed by atoms with Gasteiger partial charge in [-0.25, -0.2) is 0 Å². The zero-order valence-electron chi connectivity index (χ0n) is 9.59. The predicted octanol–water partition coefficient (Wildman–Crippen LogP) is 4.49. The van der Waals surface area contributed by atoms with Gasteiger partial charge in [0.2, 0.25) is 0 Å². The first kappa shape index (κ1) is 10.2. The molecule has 0 bridgehead atoms. The highest BCUT2D eigenvalue weighted by Gasteiger charge is 2.01. The Bertz CT molecular complexity index is 455. The fraction of sp³-hybridized carbons (Fsp3) is 0.333. The molecule has 2 aromatic carbocycles. The standard InChI is InChI=1S/C15H18/c1-3-4-7-13-10-12(2)11-14-8-5-6-9-15(13)14/h5-6,8-11H,3-4,7H2,1-2H3. The van der Waals surface area contributed by atoms with Crippen LogP contribution in [0.1, 0.15) is 30.9 Å². The lowest BCUT2D eigenvalue weighted by atomic mass is 9.98. The molecule has 15 heavy (non-hydrogen) atoms.